The maximum atomic E-state index is 13.6. The fourth-order valence-electron chi connectivity index (χ4n) is 1.42. The van der Waals surface area contributed by atoms with E-state index in [4.69, 9.17) is 10.5 Å². The molecule has 0 unspecified atom stereocenters. The molecule has 0 bridgehead atoms. The van der Waals surface area contributed by atoms with Gasteiger partial charge in [0.15, 0.2) is 23.3 Å². The van der Waals surface area contributed by atoms with Gasteiger partial charge in [-0.05, 0) is 28.1 Å². The highest BCUT2D eigenvalue weighted by molar-refractivity contribution is 9.10. The van der Waals surface area contributed by atoms with Gasteiger partial charge in [0, 0.05) is 16.6 Å². The molecule has 0 saturated heterocycles. The molecule has 2 rings (SSSR count). The van der Waals surface area contributed by atoms with Gasteiger partial charge in [0.25, 0.3) is 0 Å². The Morgan fingerprint density at radius 3 is 2.68 bits per heavy atom. The molecule has 0 atom stereocenters. The van der Waals surface area contributed by atoms with Crippen molar-refractivity contribution in [2.24, 2.45) is 0 Å². The van der Waals surface area contributed by atoms with Crippen LogP contribution in [0.25, 0.3) is 0 Å². The van der Waals surface area contributed by atoms with Crippen LogP contribution >= 0.6 is 15.9 Å². The molecule has 7 heteroatoms. The number of rotatable bonds is 3. The summed E-state index contributed by atoms with van der Waals surface area (Å²) in [5.41, 5.74) is 5.83. The first kappa shape index (κ1) is 13.5. The second-order valence-electron chi connectivity index (χ2n) is 3.66. The van der Waals surface area contributed by atoms with Gasteiger partial charge in [-0.3, -0.25) is 0 Å². The number of nitrogens with one attached hydrogen (secondary N) is 1. The Morgan fingerprint density at radius 1 is 1.26 bits per heavy atom. The molecule has 0 saturated carbocycles. The lowest BCUT2D eigenvalue weighted by Crippen LogP contribution is -2.03. The second-order valence-corrected chi connectivity index (χ2v) is 4.51. The first-order valence-electron chi connectivity index (χ1n) is 5.23. The number of aromatic nitrogens is 1. The molecule has 0 aliphatic carbocycles. The highest BCUT2D eigenvalue weighted by atomic mass is 79.9. The normalized spacial score (nSPS) is 10.3. The van der Waals surface area contributed by atoms with E-state index in [0.717, 1.165) is 0 Å². The maximum Gasteiger partial charge on any atom is 0.169 e. The average molecular weight is 330 g/mol. The first-order chi connectivity index (χ1) is 9.01. The van der Waals surface area contributed by atoms with E-state index in [2.05, 4.69) is 26.2 Å². The Bertz CT molecular complexity index is 622. The number of nitrogen functional groups attached to an aromatic ring is 1. The number of anilines is 3. The summed E-state index contributed by atoms with van der Waals surface area (Å²) in [4.78, 5) is 3.62. The average Bonchev–Trinajstić information content (AvgIpc) is 2.38. The van der Waals surface area contributed by atoms with Crippen LogP contribution in [0.1, 0.15) is 0 Å². The minimum absolute atomic E-state index is 0.159. The molecule has 2 aromatic rings. The van der Waals surface area contributed by atoms with Crippen LogP contribution in [0.5, 0.6) is 5.75 Å². The number of nitrogens with zero attached hydrogens (tertiary/aromatic N) is 1. The number of halogens is 3. The standard InChI is InChI=1S/C12H10BrF2N3O/c1-19-6-2-3-7(13)10(4-6)17-12-9(15)5-8(14)11(16)18-12/h2-5H,1H3,(H3,16,17,18). The summed E-state index contributed by atoms with van der Waals surface area (Å²) < 4.78 is 32.3. The Morgan fingerprint density at radius 2 is 2.00 bits per heavy atom. The van der Waals surface area contributed by atoms with Gasteiger partial charge < -0.3 is 15.8 Å². The number of nitrogens with two attached hydrogens (primary N) is 1. The van der Waals surface area contributed by atoms with E-state index in [1.807, 2.05) is 0 Å². The minimum Gasteiger partial charge on any atom is -0.497 e. The summed E-state index contributed by atoms with van der Waals surface area (Å²) in [6.07, 6.45) is 0. The third kappa shape index (κ3) is 2.93. The molecule has 100 valence electrons. The molecule has 0 spiro atoms. The van der Waals surface area contributed by atoms with E-state index in [1.54, 1.807) is 18.2 Å². The predicted octanol–water partition coefficient (Wildman–Crippen LogP) is 3.46. The number of pyridine rings is 1. The smallest absolute Gasteiger partial charge is 0.169 e. The molecule has 1 heterocycles. The van der Waals surface area contributed by atoms with Gasteiger partial charge in [-0.25, -0.2) is 13.8 Å². The van der Waals surface area contributed by atoms with Crippen LogP contribution in [-0.2, 0) is 0 Å². The van der Waals surface area contributed by atoms with Crippen molar-refractivity contribution in [3.63, 3.8) is 0 Å². The number of hydrogen-bond donors (Lipinski definition) is 2. The summed E-state index contributed by atoms with van der Waals surface area (Å²) in [5.74, 6) is -1.67. The van der Waals surface area contributed by atoms with Crippen molar-refractivity contribution < 1.29 is 13.5 Å². The van der Waals surface area contributed by atoms with E-state index in [1.165, 1.54) is 7.11 Å². The molecule has 0 aliphatic rings. The Hall–Kier alpha value is -1.89. The number of benzene rings is 1. The van der Waals surface area contributed by atoms with Crippen LogP contribution < -0.4 is 15.8 Å². The molecule has 0 aliphatic heterocycles. The van der Waals surface area contributed by atoms with Crippen LogP contribution in [0.2, 0.25) is 0 Å². The lowest BCUT2D eigenvalue weighted by atomic mass is 10.3. The largest absolute Gasteiger partial charge is 0.497 e. The van der Waals surface area contributed by atoms with Gasteiger partial charge in [-0.15, -0.1) is 0 Å². The summed E-state index contributed by atoms with van der Waals surface area (Å²) in [6, 6.07) is 5.79. The van der Waals surface area contributed by atoms with Crippen LogP contribution in [0.4, 0.5) is 26.1 Å². The number of methoxy groups -OCH3 is 1. The zero-order chi connectivity index (χ0) is 14.0. The van der Waals surface area contributed by atoms with Crippen molar-refractivity contribution in [3.05, 3.63) is 40.4 Å². The third-order valence-corrected chi connectivity index (χ3v) is 3.07. The van der Waals surface area contributed by atoms with Gasteiger partial charge in [0.2, 0.25) is 0 Å². The Labute approximate surface area is 116 Å². The van der Waals surface area contributed by atoms with Crippen LogP contribution in [-0.4, -0.2) is 12.1 Å². The predicted molar refractivity (Wildman–Crippen MR) is 72.5 cm³/mol. The lowest BCUT2D eigenvalue weighted by molar-refractivity contribution is 0.415. The van der Waals surface area contributed by atoms with Gasteiger partial charge in [-0.1, -0.05) is 0 Å². The lowest BCUT2D eigenvalue weighted by Gasteiger charge is -2.11. The van der Waals surface area contributed by atoms with E-state index in [0.29, 0.717) is 22.0 Å². The van der Waals surface area contributed by atoms with Crippen molar-refractivity contribution in [2.75, 3.05) is 18.2 Å². The molecule has 3 N–H and O–H groups in total. The van der Waals surface area contributed by atoms with Crippen molar-refractivity contribution in [3.8, 4) is 5.75 Å². The zero-order valence-electron chi connectivity index (χ0n) is 9.88. The van der Waals surface area contributed by atoms with Crippen LogP contribution in [0.3, 0.4) is 0 Å². The van der Waals surface area contributed by atoms with Crippen LogP contribution in [0.15, 0.2) is 28.7 Å². The van der Waals surface area contributed by atoms with E-state index in [-0.39, 0.29) is 11.6 Å². The van der Waals surface area contributed by atoms with Crippen molar-refractivity contribution in [2.45, 2.75) is 0 Å². The molecule has 4 nitrogen and oxygen atoms in total. The molecule has 1 aromatic heterocycles. The van der Waals surface area contributed by atoms with Crippen molar-refractivity contribution >= 4 is 33.3 Å². The van der Waals surface area contributed by atoms with Gasteiger partial charge >= 0.3 is 0 Å². The highest BCUT2D eigenvalue weighted by Gasteiger charge is 2.11. The fraction of sp³-hybridized carbons (Fsp3) is 0.0833. The molecule has 1 aromatic carbocycles. The van der Waals surface area contributed by atoms with Gasteiger partial charge in [0.05, 0.1) is 12.8 Å². The molecule has 0 radical (unpaired) electrons. The quantitative estimate of drug-likeness (QED) is 0.905. The molecule has 0 fully saturated rings. The monoisotopic (exact) mass is 329 g/mol. The Kier molecular flexibility index (Phi) is 3.84. The summed E-state index contributed by atoms with van der Waals surface area (Å²) in [6.45, 7) is 0. The number of hydrogen-bond acceptors (Lipinski definition) is 4. The summed E-state index contributed by atoms with van der Waals surface area (Å²) in [7, 11) is 1.52. The van der Waals surface area contributed by atoms with E-state index in [9.17, 15) is 8.78 Å². The molecular formula is C12H10BrF2N3O. The minimum atomic E-state index is -0.896. The first-order valence-corrected chi connectivity index (χ1v) is 6.02. The highest BCUT2D eigenvalue weighted by Crippen LogP contribution is 2.30. The summed E-state index contributed by atoms with van der Waals surface area (Å²) >= 11 is 3.30. The molecule has 19 heavy (non-hydrogen) atoms. The third-order valence-electron chi connectivity index (χ3n) is 2.38. The second kappa shape index (κ2) is 5.40. The molecular weight excluding hydrogens is 320 g/mol. The van der Waals surface area contributed by atoms with Crippen LogP contribution in [0, 0.1) is 11.6 Å². The zero-order valence-corrected chi connectivity index (χ0v) is 11.5. The number of ether oxygens (including phenoxy) is 1. The van der Waals surface area contributed by atoms with Crippen molar-refractivity contribution in [1.82, 2.24) is 4.98 Å². The van der Waals surface area contributed by atoms with Gasteiger partial charge in [0.1, 0.15) is 5.75 Å². The Balaban J connectivity index is 2.38. The molecule has 0 amide bonds. The SMILES string of the molecule is COc1ccc(Br)c(Nc2nc(N)c(F)cc2F)c1. The van der Waals surface area contributed by atoms with E-state index >= 15 is 0 Å². The summed E-state index contributed by atoms with van der Waals surface area (Å²) in [5, 5.41) is 2.72. The van der Waals surface area contributed by atoms with E-state index < -0.39 is 11.6 Å². The van der Waals surface area contributed by atoms with Gasteiger partial charge in [-0.2, -0.15) is 0 Å². The van der Waals surface area contributed by atoms with Crippen molar-refractivity contribution in [1.29, 1.82) is 0 Å². The topological polar surface area (TPSA) is 60.2 Å². The maximum absolute atomic E-state index is 13.6. The fourth-order valence-corrected chi connectivity index (χ4v) is 1.77.